The van der Waals surface area contributed by atoms with Crippen molar-refractivity contribution in [3.8, 4) is 11.5 Å². The van der Waals surface area contributed by atoms with Gasteiger partial charge in [0.15, 0.2) is 0 Å². The summed E-state index contributed by atoms with van der Waals surface area (Å²) in [6, 6.07) is 13.3. The molecule has 0 atom stereocenters. The summed E-state index contributed by atoms with van der Waals surface area (Å²) in [6.45, 7) is 2.24. The standard InChI is InChI=1S/C18H18O5/c1-2-3-11-22-18(21)16-12-14(9-10-15(16)17(19)20)23-13-7-5-4-6-8-13/h4-10,12H,2-3,11H2,1H3,(H,19,20). The van der Waals surface area contributed by atoms with Crippen LogP contribution in [0, 0.1) is 0 Å². The van der Waals surface area contributed by atoms with E-state index in [1.165, 1.54) is 18.2 Å². The molecule has 0 fully saturated rings. The Morgan fingerprint density at radius 2 is 1.74 bits per heavy atom. The first-order valence-electron chi connectivity index (χ1n) is 7.39. The van der Waals surface area contributed by atoms with Crippen LogP contribution < -0.4 is 4.74 Å². The lowest BCUT2D eigenvalue weighted by molar-refractivity contribution is 0.0489. The fourth-order valence-corrected chi connectivity index (χ4v) is 1.95. The van der Waals surface area contributed by atoms with E-state index in [0.29, 0.717) is 11.5 Å². The number of carboxylic acids is 1. The number of unbranched alkanes of at least 4 members (excludes halogenated alkanes) is 1. The number of rotatable bonds is 7. The number of esters is 1. The van der Waals surface area contributed by atoms with Gasteiger partial charge in [-0.15, -0.1) is 0 Å². The van der Waals surface area contributed by atoms with Crippen molar-refractivity contribution in [2.45, 2.75) is 19.8 Å². The highest BCUT2D eigenvalue weighted by atomic mass is 16.5. The van der Waals surface area contributed by atoms with Crippen LogP contribution in [-0.2, 0) is 4.74 Å². The fourth-order valence-electron chi connectivity index (χ4n) is 1.95. The summed E-state index contributed by atoms with van der Waals surface area (Å²) in [5, 5.41) is 9.22. The Bertz CT molecular complexity index is 679. The van der Waals surface area contributed by atoms with Crippen LogP contribution in [0.3, 0.4) is 0 Å². The van der Waals surface area contributed by atoms with E-state index >= 15 is 0 Å². The van der Waals surface area contributed by atoms with Crippen LogP contribution in [0.15, 0.2) is 48.5 Å². The number of carbonyl (C=O) groups is 2. The van der Waals surface area contributed by atoms with Crippen LogP contribution in [0.4, 0.5) is 0 Å². The van der Waals surface area contributed by atoms with Crippen LogP contribution in [0.25, 0.3) is 0 Å². The first kappa shape index (κ1) is 16.5. The zero-order valence-electron chi connectivity index (χ0n) is 12.8. The summed E-state index contributed by atoms with van der Waals surface area (Å²) in [5.41, 5.74) is -0.117. The molecule has 0 bridgehead atoms. The molecule has 2 aromatic carbocycles. The molecular formula is C18H18O5. The van der Waals surface area contributed by atoms with Crippen molar-refractivity contribution in [2.75, 3.05) is 6.61 Å². The minimum atomic E-state index is -1.18. The van der Waals surface area contributed by atoms with E-state index < -0.39 is 11.9 Å². The van der Waals surface area contributed by atoms with Gasteiger partial charge in [0.25, 0.3) is 0 Å². The van der Waals surface area contributed by atoms with Crippen LogP contribution in [0.5, 0.6) is 11.5 Å². The van der Waals surface area contributed by atoms with Gasteiger partial charge in [-0.3, -0.25) is 0 Å². The molecule has 120 valence electrons. The molecule has 2 aromatic rings. The normalized spacial score (nSPS) is 10.1. The van der Waals surface area contributed by atoms with Crippen LogP contribution in [0.2, 0.25) is 0 Å². The minimum absolute atomic E-state index is 0.0120. The molecule has 0 heterocycles. The average Bonchev–Trinajstić information content (AvgIpc) is 2.55. The topological polar surface area (TPSA) is 72.8 Å². The molecule has 0 amide bonds. The molecule has 23 heavy (non-hydrogen) atoms. The highest BCUT2D eigenvalue weighted by Gasteiger charge is 2.19. The number of ether oxygens (including phenoxy) is 2. The fraction of sp³-hybridized carbons (Fsp3) is 0.222. The van der Waals surface area contributed by atoms with E-state index in [9.17, 15) is 14.7 Å². The number of benzene rings is 2. The van der Waals surface area contributed by atoms with Crippen molar-refractivity contribution < 1.29 is 24.2 Å². The molecule has 0 aliphatic heterocycles. The third-order valence-corrected chi connectivity index (χ3v) is 3.15. The Morgan fingerprint density at radius 1 is 1.00 bits per heavy atom. The van der Waals surface area contributed by atoms with Gasteiger partial charge in [-0.05, 0) is 36.8 Å². The van der Waals surface area contributed by atoms with E-state index in [2.05, 4.69) is 0 Å². The van der Waals surface area contributed by atoms with Gasteiger partial charge >= 0.3 is 11.9 Å². The summed E-state index contributed by atoms with van der Waals surface area (Å²) < 4.78 is 10.7. The lowest BCUT2D eigenvalue weighted by Crippen LogP contribution is -2.12. The lowest BCUT2D eigenvalue weighted by atomic mass is 10.1. The van der Waals surface area contributed by atoms with E-state index in [1.807, 2.05) is 25.1 Å². The number of hydrogen-bond donors (Lipinski definition) is 1. The molecule has 0 saturated heterocycles. The Hall–Kier alpha value is -2.82. The smallest absolute Gasteiger partial charge is 0.339 e. The molecule has 0 saturated carbocycles. The number of aromatic carboxylic acids is 1. The molecule has 5 heteroatoms. The predicted octanol–water partition coefficient (Wildman–Crippen LogP) is 4.13. The quantitative estimate of drug-likeness (QED) is 0.614. The second-order valence-electron chi connectivity index (χ2n) is 4.92. The van der Waals surface area contributed by atoms with Gasteiger partial charge < -0.3 is 14.6 Å². The average molecular weight is 314 g/mol. The number of hydrogen-bond acceptors (Lipinski definition) is 4. The zero-order valence-corrected chi connectivity index (χ0v) is 12.8. The van der Waals surface area contributed by atoms with Gasteiger partial charge in [-0.2, -0.15) is 0 Å². The van der Waals surface area contributed by atoms with Gasteiger partial charge in [-0.25, -0.2) is 9.59 Å². The number of carbonyl (C=O) groups excluding carboxylic acids is 1. The minimum Gasteiger partial charge on any atom is -0.478 e. The van der Waals surface area contributed by atoms with Crippen LogP contribution in [0.1, 0.15) is 40.5 Å². The zero-order chi connectivity index (χ0) is 16.7. The van der Waals surface area contributed by atoms with Crippen molar-refractivity contribution in [3.05, 3.63) is 59.7 Å². The maximum Gasteiger partial charge on any atom is 0.339 e. The van der Waals surface area contributed by atoms with E-state index in [0.717, 1.165) is 12.8 Å². The highest BCUT2D eigenvalue weighted by Crippen LogP contribution is 2.24. The first-order chi connectivity index (χ1) is 11.1. The van der Waals surface area contributed by atoms with Crippen molar-refractivity contribution in [1.29, 1.82) is 0 Å². The molecule has 1 N–H and O–H groups in total. The summed E-state index contributed by atoms with van der Waals surface area (Å²) in [4.78, 5) is 23.4. The predicted molar refractivity (Wildman–Crippen MR) is 85.1 cm³/mol. The van der Waals surface area contributed by atoms with Crippen molar-refractivity contribution in [3.63, 3.8) is 0 Å². The third kappa shape index (κ3) is 4.57. The van der Waals surface area contributed by atoms with Gasteiger partial charge in [-0.1, -0.05) is 31.5 Å². The number of carboxylic acid groups (broad SMARTS) is 1. The SMILES string of the molecule is CCCCOC(=O)c1cc(Oc2ccccc2)ccc1C(=O)O. The van der Waals surface area contributed by atoms with E-state index in [-0.39, 0.29) is 17.7 Å². The second-order valence-corrected chi connectivity index (χ2v) is 4.92. The lowest BCUT2D eigenvalue weighted by Gasteiger charge is -2.10. The van der Waals surface area contributed by atoms with Gasteiger partial charge in [0.2, 0.25) is 0 Å². The van der Waals surface area contributed by atoms with Crippen LogP contribution in [-0.4, -0.2) is 23.7 Å². The molecule has 0 aliphatic rings. The first-order valence-corrected chi connectivity index (χ1v) is 7.39. The second kappa shape index (κ2) is 7.98. The van der Waals surface area contributed by atoms with Gasteiger partial charge in [0.05, 0.1) is 17.7 Å². The van der Waals surface area contributed by atoms with Gasteiger partial charge in [0.1, 0.15) is 11.5 Å². The third-order valence-electron chi connectivity index (χ3n) is 3.15. The van der Waals surface area contributed by atoms with E-state index in [1.54, 1.807) is 12.1 Å². The Balaban J connectivity index is 2.24. The van der Waals surface area contributed by atoms with Crippen molar-refractivity contribution in [2.24, 2.45) is 0 Å². The Labute approximate surface area is 134 Å². The maximum absolute atomic E-state index is 12.1. The highest BCUT2D eigenvalue weighted by molar-refractivity contribution is 6.02. The molecular weight excluding hydrogens is 296 g/mol. The largest absolute Gasteiger partial charge is 0.478 e. The summed E-state index contributed by atoms with van der Waals surface area (Å²) in [7, 11) is 0. The Kier molecular flexibility index (Phi) is 5.74. The summed E-state index contributed by atoms with van der Waals surface area (Å²) in [5.74, 6) is -0.863. The molecule has 0 spiro atoms. The molecule has 0 radical (unpaired) electrons. The van der Waals surface area contributed by atoms with Crippen molar-refractivity contribution >= 4 is 11.9 Å². The van der Waals surface area contributed by atoms with Crippen molar-refractivity contribution in [1.82, 2.24) is 0 Å². The molecule has 0 aliphatic carbocycles. The maximum atomic E-state index is 12.1. The molecule has 0 aromatic heterocycles. The summed E-state index contributed by atoms with van der Waals surface area (Å²) >= 11 is 0. The Morgan fingerprint density at radius 3 is 2.39 bits per heavy atom. The molecule has 5 nitrogen and oxygen atoms in total. The van der Waals surface area contributed by atoms with Gasteiger partial charge in [0, 0.05) is 0 Å². The monoisotopic (exact) mass is 314 g/mol. The number of para-hydroxylation sites is 1. The molecule has 0 unspecified atom stereocenters. The van der Waals surface area contributed by atoms with E-state index in [4.69, 9.17) is 9.47 Å². The van der Waals surface area contributed by atoms with Crippen LogP contribution >= 0.6 is 0 Å². The summed E-state index contributed by atoms with van der Waals surface area (Å²) in [6.07, 6.45) is 1.62. The molecule has 2 rings (SSSR count).